The van der Waals surface area contributed by atoms with Gasteiger partial charge in [-0.2, -0.15) is 5.10 Å². The van der Waals surface area contributed by atoms with E-state index in [1.165, 1.54) is 15.8 Å². The summed E-state index contributed by atoms with van der Waals surface area (Å²) in [4.78, 5) is 15.0. The summed E-state index contributed by atoms with van der Waals surface area (Å²) in [6.07, 6.45) is 2.22. The lowest BCUT2D eigenvalue weighted by Gasteiger charge is -2.25. The van der Waals surface area contributed by atoms with E-state index in [2.05, 4.69) is 46.3 Å². The molecule has 1 aliphatic rings. The fraction of sp³-hybridized carbons (Fsp3) is 0.421. The third-order valence-electron chi connectivity index (χ3n) is 5.07. The summed E-state index contributed by atoms with van der Waals surface area (Å²) in [5.41, 5.74) is 3.52. The molecular weight excluding hydrogens is 316 g/mol. The SMILES string of the molecule is Cc1ccc(C2CCCN2Cn2nc(C)c3c(C)onc3c2=O)cc1. The molecule has 0 amide bonds. The number of likely N-dealkylation sites (tertiary alicyclic amines) is 1. The Morgan fingerprint density at radius 2 is 1.96 bits per heavy atom. The van der Waals surface area contributed by atoms with Gasteiger partial charge in [0, 0.05) is 12.6 Å². The molecule has 0 N–H and O–H groups in total. The Labute approximate surface area is 146 Å². The summed E-state index contributed by atoms with van der Waals surface area (Å²) in [6.45, 7) is 7.23. The van der Waals surface area contributed by atoms with Crippen LogP contribution in [0.25, 0.3) is 10.9 Å². The molecule has 3 heterocycles. The minimum Gasteiger partial charge on any atom is -0.360 e. The summed E-state index contributed by atoms with van der Waals surface area (Å²) in [5, 5.41) is 9.17. The molecule has 0 saturated carbocycles. The Morgan fingerprint density at radius 1 is 1.20 bits per heavy atom. The highest BCUT2D eigenvalue weighted by Gasteiger charge is 2.27. The van der Waals surface area contributed by atoms with Crippen molar-refractivity contribution in [3.63, 3.8) is 0 Å². The van der Waals surface area contributed by atoms with Crippen molar-refractivity contribution in [2.24, 2.45) is 0 Å². The monoisotopic (exact) mass is 338 g/mol. The smallest absolute Gasteiger partial charge is 0.298 e. The van der Waals surface area contributed by atoms with E-state index in [0.29, 0.717) is 24.0 Å². The fourth-order valence-corrected chi connectivity index (χ4v) is 3.77. The molecule has 1 atom stereocenters. The molecule has 6 nitrogen and oxygen atoms in total. The van der Waals surface area contributed by atoms with E-state index in [0.717, 1.165) is 30.5 Å². The van der Waals surface area contributed by atoms with Crippen LogP contribution in [0.1, 0.15) is 41.5 Å². The Kier molecular flexibility index (Phi) is 3.92. The molecular formula is C19H22N4O2. The van der Waals surface area contributed by atoms with E-state index >= 15 is 0 Å². The van der Waals surface area contributed by atoms with Gasteiger partial charge in [0.1, 0.15) is 5.76 Å². The van der Waals surface area contributed by atoms with Crippen molar-refractivity contribution in [1.82, 2.24) is 19.8 Å². The molecule has 2 aromatic heterocycles. The standard InChI is InChI=1S/C19H22N4O2/c1-12-6-8-15(9-7-12)16-5-4-10-22(16)11-23-19(24)18-17(13(2)20-23)14(3)25-21-18/h6-9,16H,4-5,10-11H2,1-3H3. The first-order chi connectivity index (χ1) is 12.0. The van der Waals surface area contributed by atoms with Crippen molar-refractivity contribution in [2.75, 3.05) is 6.54 Å². The van der Waals surface area contributed by atoms with E-state index < -0.39 is 0 Å². The van der Waals surface area contributed by atoms with Crippen LogP contribution in [0.3, 0.4) is 0 Å². The van der Waals surface area contributed by atoms with Gasteiger partial charge in [0.25, 0.3) is 5.56 Å². The van der Waals surface area contributed by atoms with E-state index in [1.54, 1.807) is 0 Å². The predicted molar refractivity (Wildman–Crippen MR) is 95.4 cm³/mol. The average molecular weight is 338 g/mol. The van der Waals surface area contributed by atoms with Gasteiger partial charge in [-0.05, 0) is 39.2 Å². The first kappa shape index (κ1) is 16.0. The highest BCUT2D eigenvalue weighted by Crippen LogP contribution is 2.32. The first-order valence-electron chi connectivity index (χ1n) is 8.69. The Bertz CT molecular complexity index is 971. The maximum Gasteiger partial charge on any atom is 0.298 e. The zero-order chi connectivity index (χ0) is 17.6. The number of benzene rings is 1. The Hall–Kier alpha value is -2.47. The van der Waals surface area contributed by atoms with Crippen LogP contribution >= 0.6 is 0 Å². The molecule has 25 heavy (non-hydrogen) atoms. The topological polar surface area (TPSA) is 64.2 Å². The van der Waals surface area contributed by atoms with Crippen molar-refractivity contribution in [1.29, 1.82) is 0 Å². The molecule has 0 aliphatic carbocycles. The predicted octanol–water partition coefficient (Wildman–Crippen LogP) is 3.10. The van der Waals surface area contributed by atoms with E-state index in [1.807, 2.05) is 13.8 Å². The largest absolute Gasteiger partial charge is 0.360 e. The molecule has 4 rings (SSSR count). The summed E-state index contributed by atoms with van der Waals surface area (Å²) < 4.78 is 6.71. The third-order valence-corrected chi connectivity index (χ3v) is 5.07. The normalized spacial score (nSPS) is 18.3. The number of hydrogen-bond donors (Lipinski definition) is 0. The molecule has 0 bridgehead atoms. The van der Waals surface area contributed by atoms with Crippen LogP contribution in [0.4, 0.5) is 0 Å². The third kappa shape index (κ3) is 2.76. The molecule has 6 heteroatoms. The van der Waals surface area contributed by atoms with Crippen LogP contribution in [0.5, 0.6) is 0 Å². The highest BCUT2D eigenvalue weighted by atomic mass is 16.5. The van der Waals surface area contributed by atoms with Crippen molar-refractivity contribution < 1.29 is 4.52 Å². The maximum absolute atomic E-state index is 12.7. The molecule has 1 unspecified atom stereocenters. The van der Waals surface area contributed by atoms with E-state index in [4.69, 9.17) is 4.52 Å². The Balaban J connectivity index is 1.67. The number of nitrogens with zero attached hydrogens (tertiary/aromatic N) is 4. The average Bonchev–Trinajstić information content (AvgIpc) is 3.20. The van der Waals surface area contributed by atoms with Crippen molar-refractivity contribution >= 4 is 10.9 Å². The van der Waals surface area contributed by atoms with Crippen LogP contribution < -0.4 is 5.56 Å². The van der Waals surface area contributed by atoms with Crippen molar-refractivity contribution in [2.45, 2.75) is 46.3 Å². The zero-order valence-electron chi connectivity index (χ0n) is 14.8. The molecule has 1 aromatic carbocycles. The van der Waals surface area contributed by atoms with E-state index in [9.17, 15) is 4.79 Å². The molecule has 0 radical (unpaired) electrons. The Morgan fingerprint density at radius 3 is 2.72 bits per heavy atom. The molecule has 130 valence electrons. The van der Waals surface area contributed by atoms with Crippen LogP contribution in [-0.4, -0.2) is 26.4 Å². The highest BCUT2D eigenvalue weighted by molar-refractivity contribution is 5.81. The van der Waals surface area contributed by atoms with Crippen LogP contribution in [-0.2, 0) is 6.67 Å². The van der Waals surface area contributed by atoms with Crippen LogP contribution in [0, 0.1) is 20.8 Å². The van der Waals surface area contributed by atoms with Gasteiger partial charge >= 0.3 is 0 Å². The number of fused-ring (bicyclic) bond motifs is 1. The minimum absolute atomic E-state index is 0.188. The molecule has 1 fully saturated rings. The molecule has 0 spiro atoms. The van der Waals surface area contributed by atoms with Gasteiger partial charge in [0.05, 0.1) is 17.7 Å². The van der Waals surface area contributed by atoms with Gasteiger partial charge in [0.2, 0.25) is 0 Å². The fourth-order valence-electron chi connectivity index (χ4n) is 3.77. The second-order valence-corrected chi connectivity index (χ2v) is 6.87. The van der Waals surface area contributed by atoms with Crippen molar-refractivity contribution in [3.8, 4) is 0 Å². The zero-order valence-corrected chi connectivity index (χ0v) is 14.8. The number of aromatic nitrogens is 3. The minimum atomic E-state index is -0.188. The molecule has 3 aromatic rings. The van der Waals surface area contributed by atoms with Gasteiger partial charge in [0.15, 0.2) is 5.52 Å². The van der Waals surface area contributed by atoms with E-state index in [-0.39, 0.29) is 5.56 Å². The lowest BCUT2D eigenvalue weighted by atomic mass is 10.0. The quantitative estimate of drug-likeness (QED) is 0.734. The van der Waals surface area contributed by atoms with Crippen LogP contribution in [0.2, 0.25) is 0 Å². The van der Waals surface area contributed by atoms with Gasteiger partial charge < -0.3 is 4.52 Å². The lowest BCUT2D eigenvalue weighted by Crippen LogP contribution is -2.34. The van der Waals surface area contributed by atoms with Gasteiger partial charge in [-0.1, -0.05) is 35.0 Å². The van der Waals surface area contributed by atoms with Crippen LogP contribution in [0.15, 0.2) is 33.6 Å². The van der Waals surface area contributed by atoms with Gasteiger partial charge in [-0.15, -0.1) is 0 Å². The summed E-state index contributed by atoms with van der Waals surface area (Å²) in [5.74, 6) is 0.642. The summed E-state index contributed by atoms with van der Waals surface area (Å²) >= 11 is 0. The van der Waals surface area contributed by atoms with Crippen molar-refractivity contribution in [3.05, 3.63) is 57.2 Å². The number of hydrogen-bond acceptors (Lipinski definition) is 5. The molecule has 1 aliphatic heterocycles. The number of rotatable bonds is 3. The maximum atomic E-state index is 12.7. The second kappa shape index (κ2) is 6.11. The summed E-state index contributed by atoms with van der Waals surface area (Å²) in [7, 11) is 0. The van der Waals surface area contributed by atoms with Gasteiger partial charge in [-0.3, -0.25) is 9.69 Å². The first-order valence-corrected chi connectivity index (χ1v) is 8.69. The van der Waals surface area contributed by atoms with Gasteiger partial charge in [-0.25, -0.2) is 4.68 Å². The number of aryl methyl sites for hydroxylation is 3. The summed E-state index contributed by atoms with van der Waals surface area (Å²) in [6, 6.07) is 8.98. The second-order valence-electron chi connectivity index (χ2n) is 6.87. The lowest BCUT2D eigenvalue weighted by molar-refractivity contribution is 0.187. The molecule has 1 saturated heterocycles.